The van der Waals surface area contributed by atoms with Crippen LogP contribution in [0.4, 0.5) is 0 Å². The molecular formula is C14H11ClO2. The van der Waals surface area contributed by atoms with E-state index in [2.05, 4.69) is 0 Å². The van der Waals surface area contributed by atoms with Gasteiger partial charge in [-0.1, -0.05) is 23.7 Å². The van der Waals surface area contributed by atoms with Crippen LogP contribution in [0.5, 0.6) is 0 Å². The molecule has 3 heteroatoms. The summed E-state index contributed by atoms with van der Waals surface area (Å²) in [6, 6.07) is 11.2. The minimum absolute atomic E-state index is 0.0716. The van der Waals surface area contributed by atoms with Crippen molar-refractivity contribution in [1.82, 2.24) is 0 Å². The number of Topliss-reactive ketones (excluding diaryl/α,β-unsaturated/α-hetero) is 1. The standard InChI is InChI=1S/C14H11ClO2/c15-10-5-3-9(4-6-10)11-8-12(11)14(16)13-2-1-7-17-13/h1-7,11-12H,8H2. The molecule has 2 unspecified atom stereocenters. The number of hydrogen-bond donors (Lipinski definition) is 0. The summed E-state index contributed by atoms with van der Waals surface area (Å²) in [6.07, 6.45) is 2.44. The molecule has 1 heterocycles. The fourth-order valence-electron chi connectivity index (χ4n) is 2.16. The predicted octanol–water partition coefficient (Wildman–Crippen LogP) is 3.92. The molecule has 1 aliphatic rings. The van der Waals surface area contributed by atoms with Gasteiger partial charge in [-0.3, -0.25) is 4.79 Å². The molecule has 0 saturated heterocycles. The normalized spacial score (nSPS) is 22.4. The SMILES string of the molecule is O=C(c1ccco1)C1CC1c1ccc(Cl)cc1. The Morgan fingerprint density at radius 2 is 2.00 bits per heavy atom. The van der Waals surface area contributed by atoms with Gasteiger partial charge >= 0.3 is 0 Å². The first-order valence-electron chi connectivity index (χ1n) is 5.59. The Kier molecular flexibility index (Phi) is 2.52. The van der Waals surface area contributed by atoms with Gasteiger partial charge in [0, 0.05) is 10.9 Å². The molecule has 0 spiro atoms. The molecule has 0 radical (unpaired) electrons. The number of hydrogen-bond acceptors (Lipinski definition) is 2. The lowest BCUT2D eigenvalue weighted by atomic mass is 10.1. The minimum atomic E-state index is 0.0716. The second-order valence-corrected chi connectivity index (χ2v) is 4.78. The summed E-state index contributed by atoms with van der Waals surface area (Å²) in [5, 5.41) is 0.725. The summed E-state index contributed by atoms with van der Waals surface area (Å²) in [6.45, 7) is 0. The number of ketones is 1. The van der Waals surface area contributed by atoms with Crippen LogP contribution in [0.2, 0.25) is 5.02 Å². The van der Waals surface area contributed by atoms with Crippen LogP contribution in [0.15, 0.2) is 47.1 Å². The maximum absolute atomic E-state index is 12.0. The predicted molar refractivity (Wildman–Crippen MR) is 65.3 cm³/mol. The molecule has 17 heavy (non-hydrogen) atoms. The Bertz CT molecular complexity index is 528. The monoisotopic (exact) mass is 246 g/mol. The van der Waals surface area contributed by atoms with Crippen LogP contribution < -0.4 is 0 Å². The maximum atomic E-state index is 12.0. The van der Waals surface area contributed by atoms with Gasteiger partial charge in [0.1, 0.15) is 0 Å². The van der Waals surface area contributed by atoms with Crippen LogP contribution in [0.1, 0.15) is 28.5 Å². The molecule has 1 aliphatic carbocycles. The highest BCUT2D eigenvalue weighted by Crippen LogP contribution is 2.49. The lowest BCUT2D eigenvalue weighted by molar-refractivity contribution is 0.0938. The van der Waals surface area contributed by atoms with E-state index in [0.29, 0.717) is 11.7 Å². The molecule has 3 rings (SSSR count). The summed E-state index contributed by atoms with van der Waals surface area (Å²) in [5.41, 5.74) is 1.18. The van der Waals surface area contributed by atoms with Crippen LogP contribution in [0, 0.1) is 5.92 Å². The smallest absolute Gasteiger partial charge is 0.201 e. The van der Waals surface area contributed by atoms with Crippen molar-refractivity contribution in [2.75, 3.05) is 0 Å². The third-order valence-electron chi connectivity index (χ3n) is 3.19. The van der Waals surface area contributed by atoms with Crippen molar-refractivity contribution < 1.29 is 9.21 Å². The fraction of sp³-hybridized carbons (Fsp3) is 0.214. The van der Waals surface area contributed by atoms with Crippen molar-refractivity contribution >= 4 is 17.4 Å². The van der Waals surface area contributed by atoms with Crippen molar-refractivity contribution in [3.8, 4) is 0 Å². The Hall–Kier alpha value is -1.54. The van der Waals surface area contributed by atoms with Gasteiger partial charge < -0.3 is 4.42 Å². The van der Waals surface area contributed by atoms with E-state index >= 15 is 0 Å². The van der Waals surface area contributed by atoms with Crippen molar-refractivity contribution in [3.63, 3.8) is 0 Å². The molecule has 1 aromatic carbocycles. The molecule has 0 N–H and O–H groups in total. The van der Waals surface area contributed by atoms with Crippen LogP contribution in [0.25, 0.3) is 0 Å². The van der Waals surface area contributed by atoms with Crippen LogP contribution in [0.3, 0.4) is 0 Å². The number of halogens is 1. The summed E-state index contributed by atoms with van der Waals surface area (Å²) >= 11 is 5.83. The highest BCUT2D eigenvalue weighted by atomic mass is 35.5. The maximum Gasteiger partial charge on any atom is 0.201 e. The second kappa shape index (κ2) is 4.04. The lowest BCUT2D eigenvalue weighted by Gasteiger charge is -1.99. The summed E-state index contributed by atoms with van der Waals surface area (Å²) in [4.78, 5) is 12.0. The van der Waals surface area contributed by atoms with Crippen LogP contribution in [-0.4, -0.2) is 5.78 Å². The Balaban J connectivity index is 1.74. The molecular weight excluding hydrogens is 236 g/mol. The molecule has 2 atom stereocenters. The zero-order chi connectivity index (χ0) is 11.8. The molecule has 2 nitrogen and oxygen atoms in total. The molecule has 0 bridgehead atoms. The summed E-state index contributed by atoms with van der Waals surface area (Å²) in [5.74, 6) is 0.966. The van der Waals surface area contributed by atoms with E-state index in [1.54, 1.807) is 12.1 Å². The molecule has 0 amide bonds. The highest BCUT2D eigenvalue weighted by Gasteiger charge is 2.44. The number of rotatable bonds is 3. The molecule has 1 saturated carbocycles. The first kappa shape index (κ1) is 10.6. The first-order chi connectivity index (χ1) is 8.25. The quantitative estimate of drug-likeness (QED) is 0.769. The Morgan fingerprint density at radius 3 is 2.65 bits per heavy atom. The lowest BCUT2D eigenvalue weighted by Crippen LogP contribution is -2.01. The zero-order valence-corrected chi connectivity index (χ0v) is 9.85. The van der Waals surface area contributed by atoms with Crippen molar-refractivity contribution in [2.45, 2.75) is 12.3 Å². The van der Waals surface area contributed by atoms with Crippen LogP contribution in [-0.2, 0) is 0 Å². The number of carbonyl (C=O) groups excluding carboxylic acids is 1. The van der Waals surface area contributed by atoms with Gasteiger partial charge in [-0.15, -0.1) is 0 Å². The Morgan fingerprint density at radius 1 is 1.24 bits per heavy atom. The van der Waals surface area contributed by atoms with E-state index in [-0.39, 0.29) is 11.7 Å². The van der Waals surface area contributed by atoms with E-state index in [9.17, 15) is 4.79 Å². The average molecular weight is 247 g/mol. The second-order valence-electron chi connectivity index (χ2n) is 4.34. The van der Waals surface area contributed by atoms with Gasteiger partial charge in [-0.05, 0) is 42.2 Å². The van der Waals surface area contributed by atoms with Crippen LogP contribution >= 0.6 is 11.6 Å². The van der Waals surface area contributed by atoms with Gasteiger partial charge in [0.25, 0.3) is 0 Å². The topological polar surface area (TPSA) is 30.2 Å². The number of benzene rings is 1. The summed E-state index contributed by atoms with van der Waals surface area (Å²) in [7, 11) is 0. The van der Waals surface area contributed by atoms with Gasteiger partial charge in [0.05, 0.1) is 6.26 Å². The Labute approximate surface area is 104 Å². The zero-order valence-electron chi connectivity index (χ0n) is 9.10. The van der Waals surface area contributed by atoms with Crippen molar-refractivity contribution in [3.05, 3.63) is 59.0 Å². The van der Waals surface area contributed by atoms with Gasteiger partial charge in [0.2, 0.25) is 5.78 Å². The van der Waals surface area contributed by atoms with Gasteiger partial charge in [-0.25, -0.2) is 0 Å². The largest absolute Gasteiger partial charge is 0.461 e. The van der Waals surface area contributed by atoms with E-state index in [1.165, 1.54) is 11.8 Å². The third-order valence-corrected chi connectivity index (χ3v) is 3.44. The molecule has 1 fully saturated rings. The van der Waals surface area contributed by atoms with E-state index in [0.717, 1.165) is 11.4 Å². The first-order valence-corrected chi connectivity index (χ1v) is 5.96. The minimum Gasteiger partial charge on any atom is -0.461 e. The molecule has 86 valence electrons. The number of furan rings is 1. The summed E-state index contributed by atoms with van der Waals surface area (Å²) < 4.78 is 5.13. The highest BCUT2D eigenvalue weighted by molar-refractivity contribution is 6.30. The van der Waals surface area contributed by atoms with E-state index < -0.39 is 0 Å². The fourth-order valence-corrected chi connectivity index (χ4v) is 2.29. The third kappa shape index (κ3) is 2.01. The van der Waals surface area contributed by atoms with Crippen molar-refractivity contribution in [1.29, 1.82) is 0 Å². The molecule has 1 aromatic heterocycles. The number of carbonyl (C=O) groups is 1. The van der Waals surface area contributed by atoms with Gasteiger partial charge in [0.15, 0.2) is 5.76 Å². The van der Waals surface area contributed by atoms with Crippen molar-refractivity contribution in [2.24, 2.45) is 5.92 Å². The average Bonchev–Trinajstić information content (AvgIpc) is 2.94. The molecule has 0 aliphatic heterocycles. The molecule has 2 aromatic rings. The van der Waals surface area contributed by atoms with E-state index in [4.69, 9.17) is 16.0 Å². The van der Waals surface area contributed by atoms with Gasteiger partial charge in [-0.2, -0.15) is 0 Å². The van der Waals surface area contributed by atoms with E-state index in [1.807, 2.05) is 24.3 Å².